The van der Waals surface area contributed by atoms with Crippen molar-refractivity contribution in [1.29, 1.82) is 0 Å². The lowest BCUT2D eigenvalue weighted by atomic mass is 9.99. The van der Waals surface area contributed by atoms with Crippen molar-refractivity contribution in [1.82, 2.24) is 14.6 Å². The lowest BCUT2D eigenvalue weighted by Crippen LogP contribution is -2.52. The lowest BCUT2D eigenvalue weighted by Gasteiger charge is -2.31. The zero-order valence-electron chi connectivity index (χ0n) is 27.0. The molecule has 2 aromatic carbocycles. The number of aliphatic hydroxyl groups is 1. The number of alkyl carbamates (subject to hydrolysis) is 1. The molecule has 5 rings (SSSR count). The van der Waals surface area contributed by atoms with Crippen molar-refractivity contribution < 1.29 is 41.3 Å². The second-order valence-electron chi connectivity index (χ2n) is 13.5. The van der Waals surface area contributed by atoms with Gasteiger partial charge in [-0.15, -0.1) is 0 Å². The van der Waals surface area contributed by atoms with Crippen LogP contribution in [-0.4, -0.2) is 91.2 Å². The van der Waals surface area contributed by atoms with E-state index in [2.05, 4.69) is 15.6 Å². The molecule has 1 aromatic heterocycles. The highest BCUT2D eigenvalue weighted by Crippen LogP contribution is 2.43. The topological polar surface area (TPSA) is 139 Å². The molecule has 0 aliphatic carbocycles. The maximum atomic E-state index is 14.4. The van der Waals surface area contributed by atoms with Crippen molar-refractivity contribution in [3.8, 4) is 0 Å². The summed E-state index contributed by atoms with van der Waals surface area (Å²) in [5.41, 5.74) is 1.18. The summed E-state index contributed by atoms with van der Waals surface area (Å²) < 4.78 is 74.4. The highest BCUT2D eigenvalue weighted by atomic mass is 32.2. The fourth-order valence-electron chi connectivity index (χ4n) is 5.67. The van der Waals surface area contributed by atoms with Crippen LogP contribution in [0.2, 0.25) is 0 Å². The van der Waals surface area contributed by atoms with E-state index in [9.17, 15) is 27.1 Å². The molecule has 2 aliphatic rings. The first kappa shape index (κ1) is 35.4. The molecule has 15 heteroatoms. The largest absolute Gasteiger partial charge is 0.443 e. The zero-order chi connectivity index (χ0) is 34.1. The van der Waals surface area contributed by atoms with Gasteiger partial charge in [0.05, 0.1) is 33.9 Å². The van der Waals surface area contributed by atoms with Gasteiger partial charge in [0, 0.05) is 18.6 Å². The number of thiazole rings is 1. The lowest BCUT2D eigenvalue weighted by molar-refractivity contribution is -0.0953. The number of amides is 1. The van der Waals surface area contributed by atoms with Crippen LogP contribution < -0.4 is 10.6 Å². The molecule has 47 heavy (non-hydrogen) atoms. The summed E-state index contributed by atoms with van der Waals surface area (Å²) in [5, 5.41) is 18.1. The molecule has 2 aliphatic heterocycles. The number of aliphatic hydroxyl groups excluding tert-OH is 1. The standard InChI is InChI=1S/C32H42F2N4O7S2/c1-19(2)15-38(47(41,42)21-11-12-22-26(14-21)46-29(35-22)37-31(3,4)5)16-24(39)23(13-20-9-7-6-8-10-20)36-30(40)45-25-17-43-28-27(25)32(33,34)18-44-28/h6-12,14,19,23-25,27-28,39H,13,15-18H2,1-5H3,(H,35,37)(H,36,40)/t23-,24+,25?,27-,28-/m0/s1. The van der Waals surface area contributed by atoms with Gasteiger partial charge in [0.2, 0.25) is 10.0 Å². The van der Waals surface area contributed by atoms with Crippen molar-refractivity contribution in [2.75, 3.05) is 31.6 Å². The molecule has 5 atom stereocenters. The Morgan fingerprint density at radius 2 is 1.89 bits per heavy atom. The van der Waals surface area contributed by atoms with Crippen molar-refractivity contribution in [2.24, 2.45) is 11.8 Å². The van der Waals surface area contributed by atoms with Crippen molar-refractivity contribution in [2.45, 2.75) is 81.9 Å². The van der Waals surface area contributed by atoms with Crippen LogP contribution in [0.1, 0.15) is 40.2 Å². The Kier molecular flexibility index (Phi) is 10.4. The fraction of sp³-hybridized carbons (Fsp3) is 0.562. The number of nitrogens with one attached hydrogen (secondary N) is 2. The zero-order valence-corrected chi connectivity index (χ0v) is 28.6. The van der Waals surface area contributed by atoms with E-state index in [0.717, 1.165) is 5.56 Å². The molecule has 2 saturated heterocycles. The van der Waals surface area contributed by atoms with Gasteiger partial charge >= 0.3 is 6.09 Å². The Morgan fingerprint density at radius 1 is 1.17 bits per heavy atom. The SMILES string of the molecule is CC(C)CN(C[C@@H](O)[C@H](Cc1ccccc1)NC(=O)OC1CO[C@H]2OCC(F)(F)[C@@H]12)S(=O)(=O)c1ccc2nc(NC(C)(C)C)sc2c1. The van der Waals surface area contributed by atoms with Crippen LogP contribution in [0.15, 0.2) is 53.4 Å². The van der Waals surface area contributed by atoms with Crippen LogP contribution in [0.4, 0.5) is 18.7 Å². The second kappa shape index (κ2) is 13.9. The van der Waals surface area contributed by atoms with Crippen molar-refractivity contribution in [3.05, 3.63) is 54.1 Å². The van der Waals surface area contributed by atoms with Crippen molar-refractivity contribution in [3.63, 3.8) is 0 Å². The molecule has 0 saturated carbocycles. The van der Waals surface area contributed by atoms with Gasteiger partial charge in [0.1, 0.15) is 18.6 Å². The third kappa shape index (κ3) is 8.56. The molecular formula is C32H42F2N4O7S2. The molecular weight excluding hydrogens is 655 g/mol. The second-order valence-corrected chi connectivity index (χ2v) is 16.5. The minimum atomic E-state index is -4.11. The number of hydrogen-bond donors (Lipinski definition) is 3. The molecule has 0 spiro atoms. The number of carbonyl (C=O) groups is 1. The molecule has 3 aromatic rings. The molecule has 2 fully saturated rings. The van der Waals surface area contributed by atoms with Crippen LogP contribution >= 0.6 is 11.3 Å². The molecule has 3 heterocycles. The number of aromatic nitrogens is 1. The molecule has 11 nitrogen and oxygen atoms in total. The van der Waals surface area contributed by atoms with Crippen molar-refractivity contribution >= 4 is 42.8 Å². The Bertz CT molecular complexity index is 1650. The Hall–Kier alpha value is -2.95. The quantitative estimate of drug-likeness (QED) is 0.242. The molecule has 0 radical (unpaired) electrons. The fourth-order valence-corrected chi connectivity index (χ4v) is 8.51. The van der Waals surface area contributed by atoms with E-state index in [-0.39, 0.29) is 42.5 Å². The molecule has 1 amide bonds. The number of sulfonamides is 1. The summed E-state index contributed by atoms with van der Waals surface area (Å²) in [6.07, 6.45) is -4.74. The number of anilines is 1. The minimum Gasteiger partial charge on any atom is -0.443 e. The first-order valence-electron chi connectivity index (χ1n) is 15.5. The molecule has 258 valence electrons. The maximum Gasteiger partial charge on any atom is 0.407 e. The number of ether oxygens (including phenoxy) is 3. The number of fused-ring (bicyclic) bond motifs is 2. The van der Waals surface area contributed by atoms with Crippen LogP contribution in [0, 0.1) is 11.8 Å². The first-order chi connectivity index (χ1) is 22.0. The van der Waals surface area contributed by atoms with Crippen LogP contribution in [0.25, 0.3) is 10.2 Å². The van der Waals surface area contributed by atoms with E-state index < -0.39 is 59.1 Å². The Morgan fingerprint density at radius 3 is 2.57 bits per heavy atom. The van der Waals surface area contributed by atoms with Gasteiger partial charge in [-0.1, -0.05) is 55.5 Å². The number of nitrogens with zero attached hydrogens (tertiary/aromatic N) is 2. The van der Waals surface area contributed by atoms with E-state index >= 15 is 0 Å². The Labute approximate surface area is 277 Å². The monoisotopic (exact) mass is 696 g/mol. The summed E-state index contributed by atoms with van der Waals surface area (Å²) in [6.45, 7) is 8.40. The van der Waals surface area contributed by atoms with E-state index in [0.29, 0.717) is 15.3 Å². The number of rotatable bonds is 12. The van der Waals surface area contributed by atoms with Gasteiger partial charge in [-0.05, 0) is 56.9 Å². The first-order valence-corrected chi connectivity index (χ1v) is 17.8. The summed E-state index contributed by atoms with van der Waals surface area (Å²) in [4.78, 5) is 17.7. The highest BCUT2D eigenvalue weighted by molar-refractivity contribution is 7.89. The average Bonchev–Trinajstić information content (AvgIpc) is 3.65. The van der Waals surface area contributed by atoms with Gasteiger partial charge in [0.15, 0.2) is 11.4 Å². The molecule has 0 bridgehead atoms. The predicted molar refractivity (Wildman–Crippen MR) is 174 cm³/mol. The third-order valence-corrected chi connectivity index (χ3v) is 10.6. The summed E-state index contributed by atoms with van der Waals surface area (Å²) in [5.74, 6) is -4.77. The summed E-state index contributed by atoms with van der Waals surface area (Å²) in [6, 6.07) is 12.7. The summed E-state index contributed by atoms with van der Waals surface area (Å²) in [7, 11) is -4.11. The highest BCUT2D eigenvalue weighted by Gasteiger charge is 2.60. The molecule has 3 N–H and O–H groups in total. The van der Waals surface area contributed by atoms with Gasteiger partial charge < -0.3 is 30.0 Å². The van der Waals surface area contributed by atoms with Gasteiger partial charge in [0.25, 0.3) is 5.92 Å². The average molecular weight is 697 g/mol. The van der Waals surface area contributed by atoms with E-state index in [1.54, 1.807) is 36.4 Å². The predicted octanol–water partition coefficient (Wildman–Crippen LogP) is 4.86. The molecule has 1 unspecified atom stereocenters. The normalized spacial score (nSPS) is 22.4. The van der Waals surface area contributed by atoms with Gasteiger partial charge in [-0.25, -0.2) is 27.0 Å². The van der Waals surface area contributed by atoms with E-state index in [1.807, 2.05) is 40.7 Å². The smallest absolute Gasteiger partial charge is 0.407 e. The van der Waals surface area contributed by atoms with E-state index in [1.165, 1.54) is 21.7 Å². The summed E-state index contributed by atoms with van der Waals surface area (Å²) >= 11 is 1.35. The van der Waals surface area contributed by atoms with E-state index in [4.69, 9.17) is 14.2 Å². The number of hydrogen-bond acceptors (Lipinski definition) is 10. The number of halogens is 2. The maximum absolute atomic E-state index is 14.4. The number of alkyl halides is 2. The van der Waals surface area contributed by atoms with Gasteiger partial charge in [-0.3, -0.25) is 0 Å². The number of carbonyl (C=O) groups excluding carboxylic acids is 1. The van der Waals surface area contributed by atoms with Crippen LogP contribution in [0.3, 0.4) is 0 Å². The van der Waals surface area contributed by atoms with Crippen LogP contribution in [-0.2, 0) is 30.7 Å². The minimum absolute atomic E-state index is 0.0475. The number of benzene rings is 2. The Balaban J connectivity index is 1.36. The van der Waals surface area contributed by atoms with Gasteiger partial charge in [-0.2, -0.15) is 4.31 Å². The van der Waals surface area contributed by atoms with Crippen LogP contribution in [0.5, 0.6) is 0 Å². The third-order valence-electron chi connectivity index (χ3n) is 7.81.